The lowest BCUT2D eigenvalue weighted by molar-refractivity contribution is -0.113. The Balaban J connectivity index is 1.58. The first kappa shape index (κ1) is 21.0. The zero-order valence-corrected chi connectivity index (χ0v) is 18.2. The molecule has 152 valence electrons. The van der Waals surface area contributed by atoms with Crippen LogP contribution in [-0.4, -0.2) is 37.3 Å². The number of thiazole rings is 1. The van der Waals surface area contributed by atoms with E-state index in [9.17, 15) is 9.59 Å². The van der Waals surface area contributed by atoms with E-state index in [1.54, 1.807) is 10.6 Å². The van der Waals surface area contributed by atoms with Crippen LogP contribution < -0.4 is 10.6 Å². The monoisotopic (exact) mass is 430 g/mol. The number of nitrogens with one attached hydrogen (secondary N) is 2. The van der Waals surface area contributed by atoms with Gasteiger partial charge in [-0.1, -0.05) is 29.5 Å². The average Bonchev–Trinajstić information content (AvgIpc) is 3.25. The highest BCUT2D eigenvalue weighted by atomic mass is 32.2. The predicted octanol–water partition coefficient (Wildman–Crippen LogP) is 3.11. The first-order valence-electron chi connectivity index (χ1n) is 8.95. The molecule has 10 heteroatoms. The predicted molar refractivity (Wildman–Crippen MR) is 114 cm³/mol. The third kappa shape index (κ3) is 5.42. The van der Waals surface area contributed by atoms with Crippen LogP contribution in [0.3, 0.4) is 0 Å². The Hall–Kier alpha value is -2.72. The minimum atomic E-state index is -0.331. The highest BCUT2D eigenvalue weighted by Crippen LogP contribution is 2.20. The molecule has 0 aliphatic carbocycles. The number of hydrogen-bond donors (Lipinski definition) is 2. The molecule has 0 unspecified atom stereocenters. The Labute approximate surface area is 177 Å². The fraction of sp³-hybridized carbons (Fsp3) is 0.316. The molecule has 3 aromatic rings. The van der Waals surface area contributed by atoms with Crippen LogP contribution >= 0.6 is 23.1 Å². The molecule has 0 bridgehead atoms. The van der Waals surface area contributed by atoms with Crippen molar-refractivity contribution in [2.24, 2.45) is 7.05 Å². The van der Waals surface area contributed by atoms with Gasteiger partial charge in [0.15, 0.2) is 16.1 Å². The second-order valence-corrected chi connectivity index (χ2v) is 8.40. The van der Waals surface area contributed by atoms with E-state index < -0.39 is 0 Å². The SMILES string of the molecule is Cc1cccc(C(=O)N[C@H](C)c2nnc(SCC(=O)Nc3nc(C)cs3)n2C)c1. The summed E-state index contributed by atoms with van der Waals surface area (Å²) < 4.78 is 1.78. The van der Waals surface area contributed by atoms with Gasteiger partial charge in [-0.25, -0.2) is 4.98 Å². The summed E-state index contributed by atoms with van der Waals surface area (Å²) in [4.78, 5) is 28.8. The minimum absolute atomic E-state index is 0.158. The molecule has 0 saturated heterocycles. The quantitative estimate of drug-likeness (QED) is 0.559. The van der Waals surface area contributed by atoms with E-state index in [-0.39, 0.29) is 23.6 Å². The Morgan fingerprint density at radius 1 is 1.28 bits per heavy atom. The normalized spacial score (nSPS) is 11.9. The Bertz CT molecular complexity index is 1030. The number of benzene rings is 1. The first-order valence-corrected chi connectivity index (χ1v) is 10.8. The summed E-state index contributed by atoms with van der Waals surface area (Å²) in [5.41, 5.74) is 2.49. The van der Waals surface area contributed by atoms with Gasteiger partial charge in [0, 0.05) is 18.0 Å². The molecule has 0 fully saturated rings. The number of carbonyl (C=O) groups excluding carboxylic acids is 2. The van der Waals surface area contributed by atoms with Crippen LogP contribution in [0.2, 0.25) is 0 Å². The Morgan fingerprint density at radius 2 is 2.07 bits per heavy atom. The van der Waals surface area contributed by atoms with E-state index in [4.69, 9.17) is 0 Å². The third-order valence-corrected chi connectivity index (χ3v) is 5.98. The molecule has 29 heavy (non-hydrogen) atoms. The maximum Gasteiger partial charge on any atom is 0.251 e. The van der Waals surface area contributed by atoms with Crippen LogP contribution in [0.4, 0.5) is 5.13 Å². The van der Waals surface area contributed by atoms with E-state index in [2.05, 4.69) is 25.8 Å². The van der Waals surface area contributed by atoms with Gasteiger partial charge in [0.2, 0.25) is 5.91 Å². The van der Waals surface area contributed by atoms with Crippen molar-refractivity contribution in [3.8, 4) is 0 Å². The van der Waals surface area contributed by atoms with E-state index >= 15 is 0 Å². The van der Waals surface area contributed by atoms with Crippen molar-refractivity contribution in [1.82, 2.24) is 25.1 Å². The van der Waals surface area contributed by atoms with E-state index in [1.165, 1.54) is 23.1 Å². The zero-order chi connectivity index (χ0) is 21.0. The number of aromatic nitrogens is 4. The van der Waals surface area contributed by atoms with Gasteiger partial charge in [0.05, 0.1) is 17.5 Å². The lowest BCUT2D eigenvalue weighted by Gasteiger charge is -2.14. The number of rotatable bonds is 7. The molecule has 3 rings (SSSR count). The first-order chi connectivity index (χ1) is 13.8. The summed E-state index contributed by atoms with van der Waals surface area (Å²) >= 11 is 2.67. The van der Waals surface area contributed by atoms with E-state index in [0.717, 1.165) is 11.3 Å². The second kappa shape index (κ2) is 9.19. The molecule has 8 nitrogen and oxygen atoms in total. The van der Waals surface area contributed by atoms with Gasteiger partial charge < -0.3 is 15.2 Å². The summed E-state index contributed by atoms with van der Waals surface area (Å²) in [6.07, 6.45) is 0. The van der Waals surface area contributed by atoms with Gasteiger partial charge >= 0.3 is 0 Å². The van der Waals surface area contributed by atoms with Gasteiger partial charge in [-0.3, -0.25) is 9.59 Å². The average molecular weight is 431 g/mol. The fourth-order valence-electron chi connectivity index (χ4n) is 2.66. The number of anilines is 1. The molecule has 0 radical (unpaired) electrons. The van der Waals surface area contributed by atoms with Crippen molar-refractivity contribution in [2.75, 3.05) is 11.1 Å². The molecule has 1 atom stereocenters. The van der Waals surface area contributed by atoms with Crippen molar-refractivity contribution in [3.63, 3.8) is 0 Å². The van der Waals surface area contributed by atoms with Crippen molar-refractivity contribution >= 4 is 40.0 Å². The lowest BCUT2D eigenvalue weighted by Crippen LogP contribution is -2.28. The summed E-state index contributed by atoms with van der Waals surface area (Å²) in [5.74, 6) is 0.477. The minimum Gasteiger partial charge on any atom is -0.342 e. The molecule has 2 aromatic heterocycles. The maximum absolute atomic E-state index is 12.5. The van der Waals surface area contributed by atoms with Crippen LogP contribution in [0.25, 0.3) is 0 Å². The maximum atomic E-state index is 12.5. The van der Waals surface area contributed by atoms with Gasteiger partial charge in [0.25, 0.3) is 5.91 Å². The molecule has 0 spiro atoms. The summed E-state index contributed by atoms with van der Waals surface area (Å²) in [6, 6.07) is 7.07. The summed E-state index contributed by atoms with van der Waals surface area (Å²) in [7, 11) is 1.81. The molecule has 2 amide bonds. The molecule has 0 saturated carbocycles. The van der Waals surface area contributed by atoms with Gasteiger partial charge in [0.1, 0.15) is 0 Å². The third-order valence-electron chi connectivity index (χ3n) is 4.08. The molecule has 0 aliphatic heterocycles. The van der Waals surface area contributed by atoms with Crippen LogP contribution in [0.1, 0.15) is 40.4 Å². The van der Waals surface area contributed by atoms with E-state index in [1.807, 2.05) is 51.4 Å². The number of nitrogens with zero attached hydrogens (tertiary/aromatic N) is 4. The van der Waals surface area contributed by atoms with Crippen molar-refractivity contribution < 1.29 is 9.59 Å². The highest BCUT2D eigenvalue weighted by Gasteiger charge is 2.19. The topological polar surface area (TPSA) is 102 Å². The molecule has 0 aliphatic rings. The fourth-order valence-corrected chi connectivity index (χ4v) is 4.08. The highest BCUT2D eigenvalue weighted by molar-refractivity contribution is 7.99. The zero-order valence-electron chi connectivity index (χ0n) is 16.6. The Kier molecular flexibility index (Phi) is 6.65. The second-order valence-electron chi connectivity index (χ2n) is 6.60. The van der Waals surface area contributed by atoms with Crippen LogP contribution in [0.15, 0.2) is 34.8 Å². The number of amides is 2. The molecule has 1 aromatic carbocycles. The van der Waals surface area contributed by atoms with Crippen molar-refractivity contribution in [1.29, 1.82) is 0 Å². The van der Waals surface area contributed by atoms with Gasteiger partial charge in [-0.15, -0.1) is 21.5 Å². The molecular formula is C19H22N6O2S2. The number of thioether (sulfide) groups is 1. The Morgan fingerprint density at radius 3 is 2.76 bits per heavy atom. The number of carbonyl (C=O) groups is 2. The summed E-state index contributed by atoms with van der Waals surface area (Å²) in [5, 5.41) is 17.1. The number of aryl methyl sites for hydroxylation is 2. The molecular weight excluding hydrogens is 408 g/mol. The lowest BCUT2D eigenvalue weighted by atomic mass is 10.1. The van der Waals surface area contributed by atoms with Crippen molar-refractivity contribution in [3.05, 3.63) is 52.3 Å². The largest absolute Gasteiger partial charge is 0.342 e. The van der Waals surface area contributed by atoms with Crippen LogP contribution in [0.5, 0.6) is 0 Å². The smallest absolute Gasteiger partial charge is 0.251 e. The van der Waals surface area contributed by atoms with Gasteiger partial charge in [-0.05, 0) is 32.9 Å². The van der Waals surface area contributed by atoms with Crippen molar-refractivity contribution in [2.45, 2.75) is 32.0 Å². The van der Waals surface area contributed by atoms with Gasteiger partial charge in [-0.2, -0.15) is 0 Å². The van der Waals surface area contributed by atoms with Crippen LogP contribution in [-0.2, 0) is 11.8 Å². The molecule has 2 N–H and O–H groups in total. The number of hydrogen-bond acceptors (Lipinski definition) is 7. The van der Waals surface area contributed by atoms with E-state index in [0.29, 0.717) is 21.7 Å². The molecule has 2 heterocycles. The standard InChI is InChI=1S/C19H22N6O2S2/c1-11-6-5-7-14(8-11)17(27)21-13(3)16-23-24-19(25(16)4)29-10-15(26)22-18-20-12(2)9-28-18/h5-9,13H,10H2,1-4H3,(H,21,27)(H,20,22,26)/t13-/m1/s1. The van der Waals surface area contributed by atoms with Crippen LogP contribution in [0, 0.1) is 13.8 Å². The summed E-state index contributed by atoms with van der Waals surface area (Å²) in [6.45, 7) is 5.67.